The van der Waals surface area contributed by atoms with Gasteiger partial charge in [0.05, 0.1) is 15.7 Å². The topological polar surface area (TPSA) is 50.7 Å². The summed E-state index contributed by atoms with van der Waals surface area (Å²) in [6.07, 6.45) is 1.38. The molecule has 1 heterocycles. The highest BCUT2D eigenvalue weighted by Crippen LogP contribution is 2.23. The van der Waals surface area contributed by atoms with Crippen LogP contribution in [-0.4, -0.2) is 14.8 Å². The second kappa shape index (κ2) is 3.48. The first-order chi connectivity index (χ1) is 6.68. The molecule has 4 nitrogen and oxygen atoms in total. The Balaban J connectivity index is 2.59. The van der Waals surface area contributed by atoms with Crippen molar-refractivity contribution in [2.45, 2.75) is 0 Å². The van der Waals surface area contributed by atoms with Crippen LogP contribution in [0.5, 0.6) is 0 Å². The second-order valence-corrected chi connectivity index (χ2v) is 3.44. The van der Waals surface area contributed by atoms with Crippen LogP contribution in [0, 0.1) is 0 Å². The normalized spacial score (nSPS) is 10.4. The lowest BCUT2D eigenvalue weighted by Crippen LogP contribution is -2.13. The predicted molar refractivity (Wildman–Crippen MR) is 54.2 cm³/mol. The van der Waals surface area contributed by atoms with Crippen LogP contribution in [0.3, 0.4) is 0 Å². The monoisotopic (exact) mass is 229 g/mol. The van der Waals surface area contributed by atoms with Crippen molar-refractivity contribution in [2.75, 3.05) is 0 Å². The number of H-pyrrole nitrogens is 1. The molecular weight excluding hydrogens is 225 g/mol. The largest absolute Gasteiger partial charge is 0.347 e. The summed E-state index contributed by atoms with van der Waals surface area (Å²) < 4.78 is 1.34. The zero-order valence-electron chi connectivity index (χ0n) is 6.87. The standard InChI is InChI=1S/C8H5Cl2N3O/c9-6-2-1-5(3-7(6)10)13-4-11-12-8(13)14/h1-4H,(H,12,14). The Morgan fingerprint density at radius 1 is 1.29 bits per heavy atom. The van der Waals surface area contributed by atoms with Gasteiger partial charge in [-0.2, -0.15) is 5.10 Å². The van der Waals surface area contributed by atoms with Gasteiger partial charge in [-0.1, -0.05) is 23.2 Å². The highest BCUT2D eigenvalue weighted by molar-refractivity contribution is 6.42. The Morgan fingerprint density at radius 3 is 2.64 bits per heavy atom. The molecule has 0 spiro atoms. The number of aromatic nitrogens is 3. The molecule has 0 aliphatic heterocycles. The number of nitrogens with zero attached hydrogens (tertiary/aromatic N) is 2. The minimum atomic E-state index is -0.316. The molecule has 0 unspecified atom stereocenters. The van der Waals surface area contributed by atoms with E-state index in [2.05, 4.69) is 10.2 Å². The molecule has 0 radical (unpaired) electrons. The van der Waals surface area contributed by atoms with Gasteiger partial charge in [0.1, 0.15) is 6.33 Å². The zero-order valence-corrected chi connectivity index (χ0v) is 8.38. The fraction of sp³-hybridized carbons (Fsp3) is 0. The van der Waals surface area contributed by atoms with Crippen molar-refractivity contribution in [2.24, 2.45) is 0 Å². The minimum Gasteiger partial charge on any atom is -0.250 e. The van der Waals surface area contributed by atoms with Gasteiger partial charge in [-0.25, -0.2) is 14.5 Å². The first-order valence-electron chi connectivity index (χ1n) is 3.76. The van der Waals surface area contributed by atoms with Gasteiger partial charge in [0.2, 0.25) is 0 Å². The van der Waals surface area contributed by atoms with E-state index in [0.29, 0.717) is 15.7 Å². The number of aromatic amines is 1. The number of hydrogen-bond donors (Lipinski definition) is 1. The van der Waals surface area contributed by atoms with Gasteiger partial charge in [-0.15, -0.1) is 0 Å². The van der Waals surface area contributed by atoms with Gasteiger partial charge in [-0.05, 0) is 18.2 Å². The van der Waals surface area contributed by atoms with Crippen LogP contribution < -0.4 is 5.69 Å². The molecule has 0 aliphatic rings. The lowest BCUT2D eigenvalue weighted by Gasteiger charge is -2.01. The Bertz CT molecular complexity index is 517. The molecule has 0 saturated carbocycles. The maximum Gasteiger partial charge on any atom is 0.347 e. The fourth-order valence-electron chi connectivity index (χ4n) is 1.07. The summed E-state index contributed by atoms with van der Waals surface area (Å²) >= 11 is 11.5. The van der Waals surface area contributed by atoms with E-state index in [1.54, 1.807) is 18.2 Å². The van der Waals surface area contributed by atoms with E-state index in [-0.39, 0.29) is 5.69 Å². The Kier molecular flexibility index (Phi) is 2.31. The van der Waals surface area contributed by atoms with Crippen molar-refractivity contribution in [1.29, 1.82) is 0 Å². The Hall–Kier alpha value is -1.26. The first kappa shape index (κ1) is 9.30. The molecule has 0 fully saturated rings. The molecule has 6 heteroatoms. The molecule has 0 aliphatic carbocycles. The molecule has 2 rings (SSSR count). The summed E-state index contributed by atoms with van der Waals surface area (Å²) in [5.41, 5.74) is 0.307. The van der Waals surface area contributed by atoms with E-state index < -0.39 is 0 Å². The maximum absolute atomic E-state index is 11.2. The third kappa shape index (κ3) is 1.54. The van der Waals surface area contributed by atoms with E-state index in [4.69, 9.17) is 23.2 Å². The van der Waals surface area contributed by atoms with Crippen molar-refractivity contribution >= 4 is 23.2 Å². The van der Waals surface area contributed by atoms with Gasteiger partial charge >= 0.3 is 5.69 Å². The summed E-state index contributed by atoms with van der Waals surface area (Å²) in [4.78, 5) is 11.2. The van der Waals surface area contributed by atoms with Crippen LogP contribution in [0.1, 0.15) is 0 Å². The summed E-state index contributed by atoms with van der Waals surface area (Å²) in [6.45, 7) is 0. The summed E-state index contributed by atoms with van der Waals surface area (Å²) in [7, 11) is 0. The molecule has 1 aromatic carbocycles. The van der Waals surface area contributed by atoms with Gasteiger partial charge in [-0.3, -0.25) is 0 Å². The lowest BCUT2D eigenvalue weighted by atomic mass is 10.3. The van der Waals surface area contributed by atoms with Crippen LogP contribution in [0.4, 0.5) is 0 Å². The molecule has 0 saturated heterocycles. The molecule has 72 valence electrons. The van der Waals surface area contributed by atoms with E-state index in [0.717, 1.165) is 0 Å². The quantitative estimate of drug-likeness (QED) is 0.812. The third-order valence-electron chi connectivity index (χ3n) is 1.73. The molecule has 1 aromatic heterocycles. The van der Waals surface area contributed by atoms with Crippen LogP contribution in [-0.2, 0) is 0 Å². The molecule has 0 atom stereocenters. The number of nitrogens with one attached hydrogen (secondary N) is 1. The SMILES string of the molecule is O=c1[nH]ncn1-c1ccc(Cl)c(Cl)c1. The lowest BCUT2D eigenvalue weighted by molar-refractivity contribution is 0.983. The summed E-state index contributed by atoms with van der Waals surface area (Å²) in [6, 6.07) is 4.91. The average Bonchev–Trinajstić information content (AvgIpc) is 2.57. The molecule has 0 amide bonds. The molecule has 14 heavy (non-hydrogen) atoms. The minimum absolute atomic E-state index is 0.316. The highest BCUT2D eigenvalue weighted by Gasteiger charge is 2.03. The van der Waals surface area contributed by atoms with Gasteiger partial charge in [0, 0.05) is 0 Å². The van der Waals surface area contributed by atoms with Crippen LogP contribution in [0.15, 0.2) is 29.3 Å². The highest BCUT2D eigenvalue weighted by atomic mass is 35.5. The van der Waals surface area contributed by atoms with Crippen molar-refractivity contribution in [1.82, 2.24) is 14.8 Å². The molecule has 2 aromatic rings. The number of rotatable bonds is 1. The van der Waals surface area contributed by atoms with Crippen LogP contribution >= 0.6 is 23.2 Å². The van der Waals surface area contributed by atoms with E-state index >= 15 is 0 Å². The van der Waals surface area contributed by atoms with E-state index in [1.807, 2.05) is 0 Å². The number of halogens is 2. The second-order valence-electron chi connectivity index (χ2n) is 2.63. The summed E-state index contributed by atoms with van der Waals surface area (Å²) in [5, 5.41) is 6.73. The van der Waals surface area contributed by atoms with Crippen molar-refractivity contribution in [3.8, 4) is 5.69 Å². The fourth-order valence-corrected chi connectivity index (χ4v) is 1.36. The van der Waals surface area contributed by atoms with E-state index in [1.165, 1.54) is 10.9 Å². The average molecular weight is 230 g/mol. The maximum atomic E-state index is 11.2. The van der Waals surface area contributed by atoms with Crippen molar-refractivity contribution in [3.05, 3.63) is 45.1 Å². The van der Waals surface area contributed by atoms with Gasteiger partial charge < -0.3 is 0 Å². The zero-order chi connectivity index (χ0) is 10.1. The smallest absolute Gasteiger partial charge is 0.250 e. The third-order valence-corrected chi connectivity index (χ3v) is 2.47. The Morgan fingerprint density at radius 2 is 2.07 bits per heavy atom. The predicted octanol–water partition coefficient (Wildman–Crippen LogP) is 1.87. The molecule has 0 bridgehead atoms. The molecular formula is C8H5Cl2N3O. The number of hydrogen-bond acceptors (Lipinski definition) is 2. The van der Waals surface area contributed by atoms with Gasteiger partial charge in [0.15, 0.2) is 0 Å². The van der Waals surface area contributed by atoms with Crippen LogP contribution in [0.25, 0.3) is 5.69 Å². The Labute approximate surface area is 89.1 Å². The molecule has 1 N–H and O–H groups in total. The van der Waals surface area contributed by atoms with E-state index in [9.17, 15) is 4.79 Å². The summed E-state index contributed by atoms with van der Waals surface area (Å²) in [5.74, 6) is 0. The van der Waals surface area contributed by atoms with Crippen molar-refractivity contribution in [3.63, 3.8) is 0 Å². The van der Waals surface area contributed by atoms with Gasteiger partial charge in [0.25, 0.3) is 0 Å². The first-order valence-corrected chi connectivity index (χ1v) is 4.51. The van der Waals surface area contributed by atoms with Crippen molar-refractivity contribution < 1.29 is 0 Å². The van der Waals surface area contributed by atoms with Crippen LogP contribution in [0.2, 0.25) is 10.0 Å². The number of benzene rings is 1.